The van der Waals surface area contributed by atoms with E-state index in [2.05, 4.69) is 0 Å². The number of ether oxygens (including phenoxy) is 1. The molecule has 0 bridgehead atoms. The fourth-order valence-electron chi connectivity index (χ4n) is 1.37. The monoisotopic (exact) mass is 301 g/mol. The Bertz CT molecular complexity index is 451. The molecule has 112 valence electrons. The molecule has 3 nitrogen and oxygen atoms in total. The highest BCUT2D eigenvalue weighted by Crippen LogP contribution is 2.39. The van der Waals surface area contributed by atoms with E-state index >= 15 is 0 Å². The molecule has 1 aromatic carbocycles. The van der Waals surface area contributed by atoms with Gasteiger partial charge in [-0.2, -0.15) is 26.3 Å². The third-order valence-electron chi connectivity index (χ3n) is 2.27. The van der Waals surface area contributed by atoms with E-state index in [9.17, 15) is 31.1 Å². The van der Waals surface area contributed by atoms with E-state index in [0.29, 0.717) is 5.75 Å². The lowest BCUT2D eigenvalue weighted by Gasteiger charge is -2.22. The maximum absolute atomic E-state index is 12.3. The lowest BCUT2D eigenvalue weighted by Crippen LogP contribution is -2.45. The van der Waals surface area contributed by atoms with E-state index in [1.54, 1.807) is 5.32 Å². The van der Waals surface area contributed by atoms with Crippen molar-refractivity contribution in [3.05, 3.63) is 24.3 Å². The lowest BCUT2D eigenvalue weighted by molar-refractivity contribution is -0.272. The zero-order valence-corrected chi connectivity index (χ0v) is 9.97. The summed E-state index contributed by atoms with van der Waals surface area (Å²) in [5, 5.41) is 1.57. The Hall–Kier alpha value is -1.93. The molecule has 0 aromatic heterocycles. The minimum absolute atomic E-state index is 0.200. The number of nitrogens with one attached hydrogen (secondary N) is 1. The molecule has 0 aliphatic heterocycles. The molecule has 1 aromatic rings. The molecule has 0 saturated heterocycles. The molecule has 1 N–H and O–H groups in total. The normalized spacial score (nSPS) is 12.4. The van der Waals surface area contributed by atoms with Gasteiger partial charge in [0.25, 0.3) is 0 Å². The first-order chi connectivity index (χ1) is 9.05. The van der Waals surface area contributed by atoms with Crippen molar-refractivity contribution >= 4 is 11.6 Å². The van der Waals surface area contributed by atoms with Gasteiger partial charge in [0.2, 0.25) is 11.8 Å². The molecule has 0 aliphatic rings. The molecule has 0 saturated carbocycles. The second-order valence-electron chi connectivity index (χ2n) is 3.73. The van der Waals surface area contributed by atoms with Crippen LogP contribution in [-0.2, 0) is 4.79 Å². The summed E-state index contributed by atoms with van der Waals surface area (Å²) in [6.45, 7) is 0. The van der Waals surface area contributed by atoms with Crippen molar-refractivity contribution in [3.8, 4) is 5.75 Å². The van der Waals surface area contributed by atoms with Gasteiger partial charge in [-0.1, -0.05) is 0 Å². The van der Waals surface area contributed by atoms with Crippen molar-refractivity contribution in [3.63, 3.8) is 0 Å². The molecule has 0 radical (unpaired) electrons. The summed E-state index contributed by atoms with van der Waals surface area (Å²) < 4.78 is 78.5. The Morgan fingerprint density at radius 1 is 1.05 bits per heavy atom. The summed E-state index contributed by atoms with van der Waals surface area (Å²) in [5.74, 6) is -5.92. The quantitative estimate of drug-likeness (QED) is 0.869. The minimum atomic E-state index is -5.71. The van der Waals surface area contributed by atoms with Crippen LogP contribution >= 0.6 is 0 Å². The number of amides is 1. The third-order valence-corrected chi connectivity index (χ3v) is 2.27. The first kappa shape index (κ1) is 16.1. The molecule has 0 unspecified atom stereocenters. The summed E-state index contributed by atoms with van der Waals surface area (Å²) in [6, 6.07) is 4.82. The summed E-state index contributed by atoms with van der Waals surface area (Å²) in [7, 11) is 1.33. The summed E-state index contributed by atoms with van der Waals surface area (Å²) in [5.41, 5.74) is -0.200. The molecule has 9 heteroatoms. The molecule has 0 aliphatic carbocycles. The van der Waals surface area contributed by atoms with E-state index < -0.39 is 24.2 Å². The molecule has 20 heavy (non-hydrogen) atoms. The van der Waals surface area contributed by atoms with Crippen molar-refractivity contribution in [1.29, 1.82) is 0 Å². The molecule has 1 rings (SSSR count). The predicted molar refractivity (Wildman–Crippen MR) is 57.2 cm³/mol. The third kappa shape index (κ3) is 4.04. The number of hydrogen-bond acceptors (Lipinski definition) is 2. The topological polar surface area (TPSA) is 38.3 Å². The van der Waals surface area contributed by atoms with Gasteiger partial charge in [0.1, 0.15) is 5.75 Å². The van der Waals surface area contributed by atoms with Gasteiger partial charge in [0.15, 0.2) is 0 Å². The predicted octanol–water partition coefficient (Wildman–Crippen LogP) is 3.37. The Morgan fingerprint density at radius 2 is 1.50 bits per heavy atom. The number of methoxy groups -OCH3 is 1. The highest BCUT2D eigenvalue weighted by molar-refractivity contribution is 5.93. The maximum Gasteiger partial charge on any atom is 0.409 e. The van der Waals surface area contributed by atoms with Crippen LogP contribution in [0.2, 0.25) is 0 Å². The van der Waals surface area contributed by atoms with Crippen LogP contribution in [0, 0.1) is 5.92 Å². The van der Waals surface area contributed by atoms with Crippen molar-refractivity contribution in [1.82, 2.24) is 0 Å². The molecular weight excluding hydrogens is 292 g/mol. The van der Waals surface area contributed by atoms with Crippen LogP contribution in [0.3, 0.4) is 0 Å². The SMILES string of the molecule is COc1ccc(NC(=O)C(C(F)(F)F)C(F)(F)F)cc1. The zero-order chi connectivity index (χ0) is 15.6. The van der Waals surface area contributed by atoms with Crippen molar-refractivity contribution in [2.24, 2.45) is 5.92 Å². The van der Waals surface area contributed by atoms with Crippen LogP contribution in [-0.4, -0.2) is 25.4 Å². The lowest BCUT2D eigenvalue weighted by atomic mass is 10.1. The standard InChI is InChI=1S/C11H9F6NO2/c1-20-7-4-2-6(3-5-7)18-9(19)8(10(12,13)14)11(15,16)17/h2-5,8H,1H3,(H,18,19). The fraction of sp³-hybridized carbons (Fsp3) is 0.364. The molecule has 0 atom stereocenters. The van der Waals surface area contributed by atoms with Gasteiger partial charge < -0.3 is 10.1 Å². The molecule has 0 heterocycles. The molecular formula is C11H9F6NO2. The van der Waals surface area contributed by atoms with Gasteiger partial charge in [-0.25, -0.2) is 0 Å². The van der Waals surface area contributed by atoms with Crippen molar-refractivity contribution in [2.75, 3.05) is 12.4 Å². The highest BCUT2D eigenvalue weighted by atomic mass is 19.4. The van der Waals surface area contributed by atoms with Gasteiger partial charge in [-0.15, -0.1) is 0 Å². The van der Waals surface area contributed by atoms with E-state index in [1.165, 1.54) is 19.2 Å². The number of carbonyl (C=O) groups is 1. The number of benzene rings is 1. The number of anilines is 1. The maximum atomic E-state index is 12.3. The van der Waals surface area contributed by atoms with Gasteiger partial charge in [0.05, 0.1) is 7.11 Å². The Kier molecular flexibility index (Phi) is 4.51. The number of hydrogen-bond donors (Lipinski definition) is 1. The van der Waals surface area contributed by atoms with Gasteiger partial charge >= 0.3 is 12.4 Å². The van der Waals surface area contributed by atoms with Crippen LogP contribution in [0.4, 0.5) is 32.0 Å². The Labute approximate surface area is 109 Å². The first-order valence-electron chi connectivity index (χ1n) is 5.14. The summed E-state index contributed by atoms with van der Waals surface area (Å²) in [6.07, 6.45) is -11.4. The Balaban J connectivity index is 2.91. The second-order valence-corrected chi connectivity index (χ2v) is 3.73. The van der Waals surface area contributed by atoms with E-state index in [0.717, 1.165) is 12.1 Å². The number of alkyl halides is 6. The number of halogens is 6. The largest absolute Gasteiger partial charge is 0.497 e. The van der Waals surface area contributed by atoms with Gasteiger partial charge in [-0.3, -0.25) is 4.79 Å². The van der Waals surface area contributed by atoms with Crippen molar-refractivity contribution < 1.29 is 35.9 Å². The van der Waals surface area contributed by atoms with Crippen LogP contribution in [0.15, 0.2) is 24.3 Å². The first-order valence-corrected chi connectivity index (χ1v) is 5.14. The minimum Gasteiger partial charge on any atom is -0.497 e. The highest BCUT2D eigenvalue weighted by Gasteiger charge is 2.61. The second kappa shape index (κ2) is 5.59. The van der Waals surface area contributed by atoms with E-state index in [1.807, 2.05) is 0 Å². The smallest absolute Gasteiger partial charge is 0.409 e. The zero-order valence-electron chi connectivity index (χ0n) is 9.97. The van der Waals surface area contributed by atoms with Crippen LogP contribution in [0.5, 0.6) is 5.75 Å². The van der Waals surface area contributed by atoms with Crippen LogP contribution in [0.1, 0.15) is 0 Å². The van der Waals surface area contributed by atoms with Crippen molar-refractivity contribution in [2.45, 2.75) is 12.4 Å². The van der Waals surface area contributed by atoms with E-state index in [-0.39, 0.29) is 5.69 Å². The van der Waals surface area contributed by atoms with Crippen LogP contribution in [0.25, 0.3) is 0 Å². The van der Waals surface area contributed by atoms with E-state index in [4.69, 9.17) is 4.74 Å². The number of carbonyl (C=O) groups excluding carboxylic acids is 1. The van der Waals surface area contributed by atoms with Gasteiger partial charge in [0, 0.05) is 5.69 Å². The average Bonchev–Trinajstić information content (AvgIpc) is 2.25. The average molecular weight is 301 g/mol. The fourth-order valence-corrected chi connectivity index (χ4v) is 1.37. The number of rotatable bonds is 3. The molecule has 0 fully saturated rings. The van der Waals surface area contributed by atoms with Gasteiger partial charge in [-0.05, 0) is 24.3 Å². The summed E-state index contributed by atoms with van der Waals surface area (Å²) >= 11 is 0. The Morgan fingerprint density at radius 3 is 1.85 bits per heavy atom. The summed E-state index contributed by atoms with van der Waals surface area (Å²) in [4.78, 5) is 11.2. The van der Waals surface area contributed by atoms with Crippen LogP contribution < -0.4 is 10.1 Å². The molecule has 1 amide bonds. The molecule has 0 spiro atoms.